The number of rotatable bonds is 2. The van der Waals surface area contributed by atoms with E-state index in [1.165, 1.54) is 6.42 Å². The largest absolute Gasteiger partial charge is 0.293 e. The first kappa shape index (κ1) is 10.5. The lowest BCUT2D eigenvalue weighted by Crippen LogP contribution is -2.34. The van der Waals surface area contributed by atoms with Gasteiger partial charge in [-0.15, -0.1) is 0 Å². The Labute approximate surface area is 110 Å². The topological polar surface area (TPSA) is 12.4 Å². The molecule has 0 spiro atoms. The zero-order valence-electron chi connectivity index (χ0n) is 12.1. The van der Waals surface area contributed by atoms with Gasteiger partial charge in [-0.3, -0.25) is 4.99 Å². The van der Waals surface area contributed by atoms with Gasteiger partial charge in [0.15, 0.2) is 0 Å². The molecule has 5 rings (SSSR count). The van der Waals surface area contributed by atoms with Gasteiger partial charge in [0.05, 0.1) is 6.04 Å². The van der Waals surface area contributed by atoms with E-state index in [4.69, 9.17) is 4.99 Å². The summed E-state index contributed by atoms with van der Waals surface area (Å²) < 4.78 is 0. The SMILES string of the molecule is CC1C=NC2C(C)C34CC3(C12)C4CC1CC1(C)C. The fourth-order valence-corrected chi connectivity index (χ4v) is 6.80. The summed E-state index contributed by atoms with van der Waals surface area (Å²) in [4.78, 5) is 4.84. The molecule has 0 aromatic rings. The fraction of sp³-hybridized carbons (Fsp3) is 0.941. The minimum atomic E-state index is 0.678. The lowest BCUT2D eigenvalue weighted by atomic mass is 9.71. The van der Waals surface area contributed by atoms with Crippen LogP contribution in [-0.4, -0.2) is 12.3 Å². The summed E-state index contributed by atoms with van der Waals surface area (Å²) in [7, 11) is 0. The highest BCUT2D eigenvalue weighted by Crippen LogP contribution is 3.01. The zero-order valence-corrected chi connectivity index (χ0v) is 12.1. The standard InChI is InChI=1S/C17H25N/c1-9-7-18-14-10(2)16-8-17(16,13(9)14)12(16)5-11-6-15(11,3)4/h7,9-14H,5-6,8H2,1-4H3. The molecule has 8 atom stereocenters. The molecule has 0 radical (unpaired) electrons. The van der Waals surface area contributed by atoms with Crippen LogP contribution in [0.25, 0.3) is 0 Å². The van der Waals surface area contributed by atoms with Crippen molar-refractivity contribution in [3.8, 4) is 0 Å². The van der Waals surface area contributed by atoms with Gasteiger partial charge in [-0.2, -0.15) is 0 Å². The second-order valence-electron chi connectivity index (χ2n) is 8.90. The summed E-state index contributed by atoms with van der Waals surface area (Å²) in [6.07, 6.45) is 6.88. The van der Waals surface area contributed by atoms with Gasteiger partial charge in [0.1, 0.15) is 0 Å². The van der Waals surface area contributed by atoms with Crippen molar-refractivity contribution in [2.24, 2.45) is 50.8 Å². The molecule has 98 valence electrons. The monoisotopic (exact) mass is 243 g/mol. The summed E-state index contributed by atoms with van der Waals surface area (Å²) in [5.41, 5.74) is 2.25. The molecule has 1 nitrogen and oxygen atoms in total. The maximum atomic E-state index is 4.84. The molecule has 4 fully saturated rings. The second-order valence-corrected chi connectivity index (χ2v) is 8.90. The maximum Gasteiger partial charge on any atom is 0.0566 e. The molecule has 4 saturated carbocycles. The predicted molar refractivity (Wildman–Crippen MR) is 73.6 cm³/mol. The lowest BCUT2D eigenvalue weighted by Gasteiger charge is -2.34. The first-order valence-electron chi connectivity index (χ1n) is 7.98. The number of fused-ring (bicyclic) bond motifs is 1. The molecule has 1 heterocycles. The lowest BCUT2D eigenvalue weighted by molar-refractivity contribution is 0.168. The molecule has 1 heteroatoms. The Bertz CT molecular complexity index is 478. The van der Waals surface area contributed by atoms with E-state index in [9.17, 15) is 0 Å². The third-order valence-corrected chi connectivity index (χ3v) is 8.07. The summed E-state index contributed by atoms with van der Waals surface area (Å²) in [6.45, 7) is 9.86. The van der Waals surface area contributed by atoms with Gasteiger partial charge in [-0.05, 0) is 65.1 Å². The van der Waals surface area contributed by atoms with Crippen LogP contribution in [0.15, 0.2) is 4.99 Å². The molecular weight excluding hydrogens is 218 g/mol. The molecule has 0 saturated heterocycles. The van der Waals surface area contributed by atoms with E-state index in [1.807, 2.05) is 0 Å². The average Bonchev–Trinajstić information content (AvgIpc) is 3.16. The van der Waals surface area contributed by atoms with Crippen molar-refractivity contribution in [3.63, 3.8) is 0 Å². The van der Waals surface area contributed by atoms with Crippen LogP contribution in [0.4, 0.5) is 0 Å². The van der Waals surface area contributed by atoms with E-state index in [0.29, 0.717) is 11.5 Å². The molecule has 0 aromatic carbocycles. The Morgan fingerprint density at radius 1 is 1.22 bits per heavy atom. The third-order valence-electron chi connectivity index (χ3n) is 8.07. The summed E-state index contributed by atoms with van der Waals surface area (Å²) >= 11 is 0. The fourth-order valence-electron chi connectivity index (χ4n) is 6.80. The van der Waals surface area contributed by atoms with Crippen molar-refractivity contribution in [2.75, 3.05) is 0 Å². The number of hydrogen-bond donors (Lipinski definition) is 0. The van der Waals surface area contributed by atoms with Gasteiger partial charge in [-0.25, -0.2) is 0 Å². The smallest absolute Gasteiger partial charge is 0.0566 e. The van der Waals surface area contributed by atoms with E-state index < -0.39 is 0 Å². The van der Waals surface area contributed by atoms with Crippen molar-refractivity contribution < 1.29 is 0 Å². The van der Waals surface area contributed by atoms with Crippen LogP contribution in [-0.2, 0) is 0 Å². The van der Waals surface area contributed by atoms with Crippen molar-refractivity contribution in [3.05, 3.63) is 0 Å². The molecule has 0 N–H and O–H groups in total. The Morgan fingerprint density at radius 3 is 2.61 bits per heavy atom. The predicted octanol–water partition coefficient (Wildman–Crippen LogP) is 3.78. The Balaban J connectivity index is 1.43. The van der Waals surface area contributed by atoms with Crippen LogP contribution >= 0.6 is 0 Å². The number of nitrogens with zero attached hydrogens (tertiary/aromatic N) is 1. The number of aliphatic imine (C=N–C) groups is 1. The quantitative estimate of drug-likeness (QED) is 0.700. The first-order valence-corrected chi connectivity index (χ1v) is 7.98. The first-order chi connectivity index (χ1) is 8.45. The van der Waals surface area contributed by atoms with Gasteiger partial charge in [0, 0.05) is 6.21 Å². The normalized spacial score (nSPS) is 68.4. The molecule has 0 amide bonds. The molecule has 18 heavy (non-hydrogen) atoms. The van der Waals surface area contributed by atoms with Crippen LogP contribution < -0.4 is 0 Å². The number of hydrogen-bond acceptors (Lipinski definition) is 1. The van der Waals surface area contributed by atoms with E-state index in [1.54, 1.807) is 12.8 Å². The molecule has 1 aliphatic heterocycles. The summed E-state index contributed by atoms with van der Waals surface area (Å²) in [6, 6.07) is 0.706. The van der Waals surface area contributed by atoms with E-state index >= 15 is 0 Å². The second kappa shape index (κ2) is 2.47. The zero-order chi connectivity index (χ0) is 12.5. The van der Waals surface area contributed by atoms with Crippen molar-refractivity contribution >= 4 is 6.21 Å². The van der Waals surface area contributed by atoms with Crippen LogP contribution in [0.3, 0.4) is 0 Å². The van der Waals surface area contributed by atoms with Gasteiger partial charge >= 0.3 is 0 Å². The van der Waals surface area contributed by atoms with Crippen molar-refractivity contribution in [1.29, 1.82) is 0 Å². The van der Waals surface area contributed by atoms with Crippen molar-refractivity contribution in [2.45, 2.75) is 53.0 Å². The maximum absolute atomic E-state index is 4.84. The molecule has 5 aliphatic rings. The minimum absolute atomic E-state index is 0.678. The third kappa shape index (κ3) is 0.806. The van der Waals surface area contributed by atoms with Crippen LogP contribution in [0.5, 0.6) is 0 Å². The van der Waals surface area contributed by atoms with Gasteiger partial charge in [-0.1, -0.05) is 27.7 Å². The molecule has 4 aliphatic carbocycles. The summed E-state index contributed by atoms with van der Waals surface area (Å²) in [5.74, 6) is 4.72. The van der Waals surface area contributed by atoms with Crippen molar-refractivity contribution in [1.82, 2.24) is 0 Å². The molecule has 0 bridgehead atoms. The van der Waals surface area contributed by atoms with Crippen LogP contribution in [0.2, 0.25) is 0 Å². The van der Waals surface area contributed by atoms with Crippen LogP contribution in [0, 0.1) is 45.8 Å². The molecular formula is C17H25N. The van der Waals surface area contributed by atoms with Gasteiger partial charge in [0.2, 0.25) is 0 Å². The van der Waals surface area contributed by atoms with Gasteiger partial charge in [0.25, 0.3) is 0 Å². The van der Waals surface area contributed by atoms with E-state index in [2.05, 4.69) is 33.9 Å². The Morgan fingerprint density at radius 2 is 1.94 bits per heavy atom. The van der Waals surface area contributed by atoms with E-state index in [0.717, 1.165) is 40.4 Å². The minimum Gasteiger partial charge on any atom is -0.293 e. The highest BCUT2D eigenvalue weighted by Gasteiger charge is 2.98. The molecule has 8 unspecified atom stereocenters. The highest BCUT2D eigenvalue weighted by molar-refractivity contribution is 5.67. The summed E-state index contributed by atoms with van der Waals surface area (Å²) in [5, 5.41) is 0. The Hall–Kier alpha value is -0.330. The average molecular weight is 243 g/mol. The Kier molecular flexibility index (Phi) is 1.44. The highest BCUT2D eigenvalue weighted by atomic mass is 15.1. The van der Waals surface area contributed by atoms with E-state index in [-0.39, 0.29) is 0 Å². The van der Waals surface area contributed by atoms with Gasteiger partial charge < -0.3 is 0 Å². The molecule has 0 aromatic heterocycles. The van der Waals surface area contributed by atoms with Crippen LogP contribution in [0.1, 0.15) is 47.0 Å².